The van der Waals surface area contributed by atoms with E-state index in [0.717, 1.165) is 35.1 Å². The summed E-state index contributed by atoms with van der Waals surface area (Å²) in [7, 11) is 3.40. The molecule has 1 aliphatic carbocycles. The van der Waals surface area contributed by atoms with Crippen molar-refractivity contribution in [2.75, 3.05) is 14.2 Å². The van der Waals surface area contributed by atoms with Gasteiger partial charge in [0.2, 0.25) is 0 Å². The Morgan fingerprint density at radius 1 is 0.917 bits per heavy atom. The lowest BCUT2D eigenvalue weighted by Gasteiger charge is -2.16. The summed E-state index contributed by atoms with van der Waals surface area (Å²) in [6, 6.07) is 12.2. The summed E-state index contributed by atoms with van der Waals surface area (Å²) < 4.78 is 13.6. The third kappa shape index (κ3) is 2.27. The molecule has 4 rings (SSSR count). The van der Waals surface area contributed by atoms with Crippen LogP contribution >= 0.6 is 11.6 Å². The Morgan fingerprint density at radius 2 is 1.67 bits per heavy atom. The van der Waals surface area contributed by atoms with Gasteiger partial charge in [0.15, 0.2) is 11.5 Å². The zero-order chi connectivity index (χ0) is 16.7. The highest BCUT2D eigenvalue weighted by molar-refractivity contribution is 6.30. The average molecular weight is 342 g/mol. The lowest BCUT2D eigenvalue weighted by molar-refractivity contribution is 0.358. The fourth-order valence-corrected chi connectivity index (χ4v) is 3.96. The van der Waals surface area contributed by atoms with Crippen LogP contribution in [0.4, 0.5) is 0 Å². The molecule has 1 aromatic heterocycles. The van der Waals surface area contributed by atoms with E-state index in [1.165, 1.54) is 35.0 Å². The SMILES string of the molecule is COc1ccc2c(c3c(n2-c2ccc(Cl)cc2)CCCC3)c1OC. The molecule has 2 aromatic carbocycles. The van der Waals surface area contributed by atoms with Crippen molar-refractivity contribution in [3.8, 4) is 17.2 Å². The smallest absolute Gasteiger partial charge is 0.170 e. The van der Waals surface area contributed by atoms with Gasteiger partial charge in [-0.25, -0.2) is 0 Å². The minimum absolute atomic E-state index is 0.753. The monoisotopic (exact) mass is 341 g/mol. The van der Waals surface area contributed by atoms with Crippen LogP contribution in [0.15, 0.2) is 36.4 Å². The Bertz CT molecular complexity index is 896. The van der Waals surface area contributed by atoms with E-state index in [0.29, 0.717) is 0 Å². The predicted octanol–water partition coefficient (Wildman–Crippen LogP) is 5.18. The Kier molecular flexibility index (Phi) is 3.89. The quantitative estimate of drug-likeness (QED) is 0.655. The van der Waals surface area contributed by atoms with Gasteiger partial charge in [-0.15, -0.1) is 0 Å². The molecule has 0 aliphatic heterocycles. The summed E-state index contributed by atoms with van der Waals surface area (Å²) >= 11 is 6.08. The zero-order valence-electron chi connectivity index (χ0n) is 13.9. The molecule has 3 aromatic rings. The molecular weight excluding hydrogens is 322 g/mol. The number of methoxy groups -OCH3 is 2. The minimum atomic E-state index is 0.753. The van der Waals surface area contributed by atoms with Crippen molar-refractivity contribution in [3.05, 3.63) is 52.7 Å². The molecular formula is C20H20ClNO2. The van der Waals surface area contributed by atoms with Crippen LogP contribution in [0.5, 0.6) is 11.5 Å². The van der Waals surface area contributed by atoms with Gasteiger partial charge in [-0.05, 0) is 67.6 Å². The van der Waals surface area contributed by atoms with E-state index >= 15 is 0 Å². The van der Waals surface area contributed by atoms with E-state index in [1.54, 1.807) is 14.2 Å². The molecule has 0 fully saturated rings. The lowest BCUT2D eigenvalue weighted by atomic mass is 9.95. The van der Waals surface area contributed by atoms with Gasteiger partial charge in [-0.1, -0.05) is 11.6 Å². The maximum Gasteiger partial charge on any atom is 0.170 e. The molecule has 124 valence electrons. The third-order valence-electron chi connectivity index (χ3n) is 4.86. The number of ether oxygens (including phenoxy) is 2. The summed E-state index contributed by atoms with van der Waals surface area (Å²) in [5.41, 5.74) is 5.08. The van der Waals surface area contributed by atoms with Crippen molar-refractivity contribution in [3.63, 3.8) is 0 Å². The fourth-order valence-electron chi connectivity index (χ4n) is 3.83. The normalized spacial score (nSPS) is 13.8. The van der Waals surface area contributed by atoms with Crippen molar-refractivity contribution < 1.29 is 9.47 Å². The number of benzene rings is 2. The third-order valence-corrected chi connectivity index (χ3v) is 5.11. The maximum absolute atomic E-state index is 6.08. The van der Waals surface area contributed by atoms with E-state index in [-0.39, 0.29) is 0 Å². The second-order valence-electron chi connectivity index (χ2n) is 6.14. The van der Waals surface area contributed by atoms with Crippen molar-refractivity contribution in [1.29, 1.82) is 0 Å². The number of halogens is 1. The van der Waals surface area contributed by atoms with Gasteiger partial charge in [0.05, 0.1) is 19.7 Å². The topological polar surface area (TPSA) is 23.4 Å². The summed E-state index contributed by atoms with van der Waals surface area (Å²) in [5, 5.41) is 1.94. The van der Waals surface area contributed by atoms with E-state index < -0.39 is 0 Å². The average Bonchev–Trinajstić information content (AvgIpc) is 2.96. The van der Waals surface area contributed by atoms with E-state index in [4.69, 9.17) is 21.1 Å². The molecule has 24 heavy (non-hydrogen) atoms. The van der Waals surface area contributed by atoms with Crippen molar-refractivity contribution >= 4 is 22.5 Å². The van der Waals surface area contributed by atoms with E-state index in [9.17, 15) is 0 Å². The summed E-state index contributed by atoms with van der Waals surface area (Å²) in [6.45, 7) is 0. The molecule has 0 bridgehead atoms. The summed E-state index contributed by atoms with van der Waals surface area (Å²) in [4.78, 5) is 0. The van der Waals surface area contributed by atoms with Gasteiger partial charge in [0.1, 0.15) is 0 Å². The second-order valence-corrected chi connectivity index (χ2v) is 6.58. The Hall–Kier alpha value is -2.13. The first-order valence-corrected chi connectivity index (χ1v) is 8.65. The molecule has 0 saturated carbocycles. The van der Waals surface area contributed by atoms with Crippen LogP contribution in [-0.2, 0) is 12.8 Å². The Balaban J connectivity index is 2.08. The van der Waals surface area contributed by atoms with Gasteiger partial charge in [-0.2, -0.15) is 0 Å². The van der Waals surface area contributed by atoms with Crippen molar-refractivity contribution in [2.24, 2.45) is 0 Å². The molecule has 1 aliphatic rings. The molecule has 0 saturated heterocycles. The molecule has 0 radical (unpaired) electrons. The first-order chi connectivity index (χ1) is 11.7. The molecule has 1 heterocycles. The van der Waals surface area contributed by atoms with Crippen LogP contribution < -0.4 is 9.47 Å². The number of aromatic nitrogens is 1. The lowest BCUT2D eigenvalue weighted by Crippen LogP contribution is -2.06. The van der Waals surface area contributed by atoms with E-state index in [2.05, 4.69) is 22.8 Å². The highest BCUT2D eigenvalue weighted by atomic mass is 35.5. The van der Waals surface area contributed by atoms with Crippen molar-refractivity contribution in [2.45, 2.75) is 25.7 Å². The van der Waals surface area contributed by atoms with Crippen LogP contribution in [0.2, 0.25) is 5.02 Å². The number of hydrogen-bond acceptors (Lipinski definition) is 2. The first kappa shape index (κ1) is 15.4. The second kappa shape index (κ2) is 6.06. The molecule has 4 heteroatoms. The van der Waals surface area contributed by atoms with Crippen LogP contribution in [0, 0.1) is 0 Å². The highest BCUT2D eigenvalue weighted by Crippen LogP contribution is 2.43. The zero-order valence-corrected chi connectivity index (χ0v) is 14.7. The number of rotatable bonds is 3. The summed E-state index contributed by atoms with van der Waals surface area (Å²) in [5.74, 6) is 1.62. The molecule has 0 spiro atoms. The number of hydrogen-bond donors (Lipinski definition) is 0. The van der Waals surface area contributed by atoms with Crippen LogP contribution in [-0.4, -0.2) is 18.8 Å². The van der Waals surface area contributed by atoms with Gasteiger partial charge in [0.25, 0.3) is 0 Å². The van der Waals surface area contributed by atoms with Crippen molar-refractivity contribution in [1.82, 2.24) is 4.57 Å². The fraction of sp³-hybridized carbons (Fsp3) is 0.300. The summed E-state index contributed by atoms with van der Waals surface area (Å²) in [6.07, 6.45) is 4.59. The molecule has 0 N–H and O–H groups in total. The van der Waals surface area contributed by atoms with Crippen LogP contribution in [0.3, 0.4) is 0 Å². The van der Waals surface area contributed by atoms with Gasteiger partial charge in [-0.3, -0.25) is 0 Å². The van der Waals surface area contributed by atoms with Crippen LogP contribution in [0.25, 0.3) is 16.6 Å². The van der Waals surface area contributed by atoms with Gasteiger partial charge >= 0.3 is 0 Å². The van der Waals surface area contributed by atoms with Gasteiger partial charge < -0.3 is 14.0 Å². The Labute approximate surface area is 146 Å². The molecule has 3 nitrogen and oxygen atoms in total. The predicted molar refractivity (Wildman–Crippen MR) is 98.0 cm³/mol. The van der Waals surface area contributed by atoms with E-state index in [1.807, 2.05) is 18.2 Å². The maximum atomic E-state index is 6.08. The first-order valence-electron chi connectivity index (χ1n) is 8.27. The molecule has 0 unspecified atom stereocenters. The minimum Gasteiger partial charge on any atom is -0.493 e. The number of nitrogens with zero attached hydrogens (tertiary/aromatic N) is 1. The number of fused-ring (bicyclic) bond motifs is 3. The molecule has 0 atom stereocenters. The van der Waals surface area contributed by atoms with Crippen LogP contribution in [0.1, 0.15) is 24.1 Å². The Morgan fingerprint density at radius 3 is 2.38 bits per heavy atom. The largest absolute Gasteiger partial charge is 0.493 e. The highest BCUT2D eigenvalue weighted by Gasteiger charge is 2.25. The van der Waals surface area contributed by atoms with Gasteiger partial charge in [0, 0.05) is 21.8 Å². The molecule has 0 amide bonds. The number of aryl methyl sites for hydroxylation is 1. The standard InChI is InChI=1S/C20H20ClNO2/c1-23-18-12-11-17-19(20(18)24-2)15-5-3-4-6-16(15)22(17)14-9-7-13(21)8-10-14/h7-12H,3-6H2,1-2H3.